The fourth-order valence-electron chi connectivity index (χ4n) is 2.48. The minimum absolute atomic E-state index is 0.00213. The molecule has 0 saturated carbocycles. The fourth-order valence-corrected chi connectivity index (χ4v) is 5.15. The molecule has 0 amide bonds. The summed E-state index contributed by atoms with van der Waals surface area (Å²) < 4.78 is 37.3. The van der Waals surface area contributed by atoms with E-state index in [2.05, 4.69) is 15.9 Å². The first kappa shape index (κ1) is 17.5. The SMILES string of the molecule is COc1cc(Br)c(S(=O)(=O)N2C[C@@H](O)C[C@@H]2CO)cc1OC. The Bertz CT molecular complexity index is 650. The highest BCUT2D eigenvalue weighted by Crippen LogP contribution is 2.38. The molecule has 2 rings (SSSR count). The third-order valence-corrected chi connectivity index (χ3v) is 6.45. The van der Waals surface area contributed by atoms with Crippen LogP contribution in [0.4, 0.5) is 0 Å². The predicted octanol–water partition coefficient (Wildman–Crippen LogP) is 0.583. The Balaban J connectivity index is 2.50. The third kappa shape index (κ3) is 3.09. The van der Waals surface area contributed by atoms with Gasteiger partial charge in [0.05, 0.1) is 33.0 Å². The van der Waals surface area contributed by atoms with Crippen molar-refractivity contribution in [2.24, 2.45) is 0 Å². The van der Waals surface area contributed by atoms with E-state index >= 15 is 0 Å². The first-order valence-corrected chi connectivity index (χ1v) is 8.80. The van der Waals surface area contributed by atoms with Crippen molar-refractivity contribution < 1.29 is 28.1 Å². The van der Waals surface area contributed by atoms with Crippen LogP contribution in [0.3, 0.4) is 0 Å². The molecule has 0 bridgehead atoms. The number of aliphatic hydroxyl groups is 2. The molecule has 2 N–H and O–H groups in total. The lowest BCUT2D eigenvalue weighted by molar-refractivity contribution is 0.184. The summed E-state index contributed by atoms with van der Waals surface area (Å²) in [6.07, 6.45) is -0.577. The molecule has 0 unspecified atom stereocenters. The molecule has 1 aromatic rings. The zero-order valence-corrected chi connectivity index (χ0v) is 14.6. The molecule has 0 aromatic heterocycles. The van der Waals surface area contributed by atoms with Gasteiger partial charge < -0.3 is 19.7 Å². The van der Waals surface area contributed by atoms with Crippen molar-refractivity contribution in [1.29, 1.82) is 0 Å². The summed E-state index contributed by atoms with van der Waals surface area (Å²) in [4.78, 5) is -0.00213. The minimum Gasteiger partial charge on any atom is -0.493 e. The molecular formula is C13H18BrNO6S. The van der Waals surface area contributed by atoms with Gasteiger partial charge >= 0.3 is 0 Å². The van der Waals surface area contributed by atoms with E-state index in [0.717, 1.165) is 4.31 Å². The highest BCUT2D eigenvalue weighted by Gasteiger charge is 2.40. The monoisotopic (exact) mass is 395 g/mol. The van der Waals surface area contributed by atoms with E-state index in [1.54, 1.807) is 0 Å². The van der Waals surface area contributed by atoms with E-state index in [9.17, 15) is 18.6 Å². The summed E-state index contributed by atoms with van der Waals surface area (Å²) in [6.45, 7) is -0.393. The number of methoxy groups -OCH3 is 2. The molecule has 2 atom stereocenters. The Kier molecular flexibility index (Phi) is 5.33. The van der Waals surface area contributed by atoms with Gasteiger partial charge in [-0.25, -0.2) is 8.42 Å². The Morgan fingerprint density at radius 1 is 1.32 bits per heavy atom. The van der Waals surface area contributed by atoms with Gasteiger partial charge in [0, 0.05) is 17.1 Å². The first-order chi connectivity index (χ1) is 10.3. The van der Waals surface area contributed by atoms with Crippen LogP contribution in [0, 0.1) is 0 Å². The summed E-state index contributed by atoms with van der Waals surface area (Å²) in [7, 11) is -1.02. The van der Waals surface area contributed by atoms with Crippen LogP contribution in [0.15, 0.2) is 21.5 Å². The van der Waals surface area contributed by atoms with Crippen molar-refractivity contribution >= 4 is 26.0 Å². The average molecular weight is 396 g/mol. The maximum Gasteiger partial charge on any atom is 0.244 e. The highest BCUT2D eigenvalue weighted by molar-refractivity contribution is 9.10. The number of nitrogens with zero attached hydrogens (tertiary/aromatic N) is 1. The van der Waals surface area contributed by atoms with Crippen molar-refractivity contribution in [3.8, 4) is 11.5 Å². The second kappa shape index (κ2) is 6.71. The van der Waals surface area contributed by atoms with Crippen LogP contribution in [0.5, 0.6) is 11.5 Å². The lowest BCUT2D eigenvalue weighted by atomic mass is 10.2. The van der Waals surface area contributed by atoms with Gasteiger partial charge in [-0.1, -0.05) is 0 Å². The van der Waals surface area contributed by atoms with Gasteiger partial charge in [0.25, 0.3) is 0 Å². The second-order valence-corrected chi connectivity index (χ2v) is 7.65. The second-order valence-electron chi connectivity index (χ2n) is 4.94. The van der Waals surface area contributed by atoms with Crippen LogP contribution in [-0.2, 0) is 10.0 Å². The zero-order valence-electron chi connectivity index (χ0n) is 12.2. The van der Waals surface area contributed by atoms with Gasteiger partial charge in [-0.05, 0) is 28.4 Å². The number of ether oxygens (including phenoxy) is 2. The Hall–Kier alpha value is -0.870. The number of aliphatic hydroxyl groups excluding tert-OH is 2. The molecule has 1 aliphatic rings. The molecule has 1 saturated heterocycles. The molecule has 0 aliphatic carbocycles. The van der Waals surface area contributed by atoms with Crippen molar-refractivity contribution in [2.45, 2.75) is 23.5 Å². The van der Waals surface area contributed by atoms with Crippen molar-refractivity contribution in [3.05, 3.63) is 16.6 Å². The number of halogens is 1. The van der Waals surface area contributed by atoms with E-state index in [4.69, 9.17) is 9.47 Å². The molecular weight excluding hydrogens is 378 g/mol. The number of hydrogen-bond acceptors (Lipinski definition) is 6. The minimum atomic E-state index is -3.89. The van der Waals surface area contributed by atoms with Gasteiger partial charge in [-0.2, -0.15) is 4.31 Å². The van der Waals surface area contributed by atoms with Crippen molar-refractivity contribution in [2.75, 3.05) is 27.4 Å². The molecule has 7 nitrogen and oxygen atoms in total. The Morgan fingerprint density at radius 3 is 2.45 bits per heavy atom. The van der Waals surface area contributed by atoms with Crippen molar-refractivity contribution in [1.82, 2.24) is 4.31 Å². The van der Waals surface area contributed by atoms with Crippen LogP contribution in [0.25, 0.3) is 0 Å². The largest absolute Gasteiger partial charge is 0.493 e. The number of benzene rings is 1. The van der Waals surface area contributed by atoms with Gasteiger partial charge in [0.1, 0.15) is 4.90 Å². The topological polar surface area (TPSA) is 96.3 Å². The maximum atomic E-state index is 12.8. The summed E-state index contributed by atoms with van der Waals surface area (Å²) in [5, 5.41) is 19.0. The van der Waals surface area contributed by atoms with Crippen LogP contribution < -0.4 is 9.47 Å². The predicted molar refractivity (Wildman–Crippen MR) is 82.6 cm³/mol. The summed E-state index contributed by atoms with van der Waals surface area (Å²) in [5.41, 5.74) is 0. The van der Waals surface area contributed by atoms with Crippen LogP contribution in [-0.4, -0.2) is 62.5 Å². The molecule has 0 radical (unpaired) electrons. The number of sulfonamides is 1. The molecule has 1 aromatic carbocycles. The van der Waals surface area contributed by atoms with Gasteiger partial charge in [-0.3, -0.25) is 0 Å². The van der Waals surface area contributed by atoms with Crippen LogP contribution in [0.2, 0.25) is 0 Å². The lowest BCUT2D eigenvalue weighted by Crippen LogP contribution is -2.38. The van der Waals surface area contributed by atoms with Crippen LogP contribution in [0.1, 0.15) is 6.42 Å². The quantitative estimate of drug-likeness (QED) is 0.756. The molecule has 124 valence electrons. The van der Waals surface area contributed by atoms with Gasteiger partial charge in [0.15, 0.2) is 11.5 Å². The highest BCUT2D eigenvalue weighted by atomic mass is 79.9. The molecule has 1 heterocycles. The van der Waals surface area contributed by atoms with E-state index in [0.29, 0.717) is 10.2 Å². The first-order valence-electron chi connectivity index (χ1n) is 6.57. The van der Waals surface area contributed by atoms with E-state index in [1.165, 1.54) is 26.4 Å². The summed E-state index contributed by atoms with van der Waals surface area (Å²) in [5.74, 6) is 0.679. The average Bonchev–Trinajstić information content (AvgIpc) is 2.88. The number of β-amino-alcohol motifs (C(OH)–C–C–N with tert-alkyl or cyclic N) is 1. The van der Waals surface area contributed by atoms with Crippen molar-refractivity contribution in [3.63, 3.8) is 0 Å². The lowest BCUT2D eigenvalue weighted by Gasteiger charge is -2.23. The Morgan fingerprint density at radius 2 is 1.91 bits per heavy atom. The number of hydrogen-bond donors (Lipinski definition) is 2. The Labute approximate surface area is 137 Å². The maximum absolute atomic E-state index is 12.8. The molecule has 1 aliphatic heterocycles. The van der Waals surface area contributed by atoms with E-state index in [1.807, 2.05) is 0 Å². The normalized spacial score (nSPS) is 22.8. The molecule has 9 heteroatoms. The molecule has 1 fully saturated rings. The summed E-state index contributed by atoms with van der Waals surface area (Å²) >= 11 is 3.22. The van der Waals surface area contributed by atoms with Gasteiger partial charge in [0.2, 0.25) is 10.0 Å². The smallest absolute Gasteiger partial charge is 0.244 e. The molecule has 22 heavy (non-hydrogen) atoms. The fraction of sp³-hybridized carbons (Fsp3) is 0.538. The molecule has 0 spiro atoms. The summed E-state index contributed by atoms with van der Waals surface area (Å²) in [6, 6.07) is 2.23. The van der Waals surface area contributed by atoms with Crippen LogP contribution >= 0.6 is 15.9 Å². The van der Waals surface area contributed by atoms with E-state index < -0.39 is 22.2 Å². The van der Waals surface area contributed by atoms with Gasteiger partial charge in [-0.15, -0.1) is 0 Å². The van der Waals surface area contributed by atoms with E-state index in [-0.39, 0.29) is 30.2 Å². The number of rotatable bonds is 5. The standard InChI is InChI=1S/C13H18BrNO6S/c1-20-11-4-10(14)13(5-12(11)21-2)22(18,19)15-6-9(17)3-8(15)7-16/h4-5,8-9,16-17H,3,6-7H2,1-2H3/t8-,9+/m1/s1. The third-order valence-electron chi connectivity index (χ3n) is 3.58. The zero-order chi connectivity index (χ0) is 16.5.